The van der Waals surface area contributed by atoms with Gasteiger partial charge in [0.25, 0.3) is 0 Å². The third kappa shape index (κ3) is 7.79. The van der Waals surface area contributed by atoms with Crippen molar-refractivity contribution in [3.8, 4) is 17.1 Å². The monoisotopic (exact) mass is 663 g/mol. The van der Waals surface area contributed by atoms with E-state index in [9.17, 15) is 24.3 Å². The maximum Gasteiger partial charge on any atom is 0.408 e. The van der Waals surface area contributed by atoms with E-state index in [0.29, 0.717) is 31.2 Å². The van der Waals surface area contributed by atoms with E-state index >= 15 is 0 Å². The summed E-state index contributed by atoms with van der Waals surface area (Å²) in [7, 11) is 0. The maximum absolute atomic E-state index is 14.2. The van der Waals surface area contributed by atoms with Crippen LogP contribution in [0, 0.1) is 11.8 Å². The molecule has 1 aromatic heterocycles. The Morgan fingerprint density at radius 1 is 1.10 bits per heavy atom. The molecular formula is C34H45N7O7. The molecular weight excluding hydrogens is 618 g/mol. The third-order valence-electron chi connectivity index (χ3n) is 9.38. The highest BCUT2D eigenvalue weighted by atomic mass is 16.6. The van der Waals surface area contributed by atoms with Gasteiger partial charge in [-0.05, 0) is 94.7 Å². The van der Waals surface area contributed by atoms with Crippen molar-refractivity contribution in [2.24, 2.45) is 11.8 Å². The maximum atomic E-state index is 14.2. The lowest BCUT2D eigenvalue weighted by Crippen LogP contribution is -2.56. The van der Waals surface area contributed by atoms with Gasteiger partial charge in [0.05, 0.1) is 12.6 Å². The first-order valence-corrected chi connectivity index (χ1v) is 17.0. The van der Waals surface area contributed by atoms with Gasteiger partial charge in [-0.25, -0.2) is 9.59 Å². The van der Waals surface area contributed by atoms with Crippen molar-refractivity contribution in [2.45, 2.75) is 108 Å². The molecule has 14 nitrogen and oxygen atoms in total. The van der Waals surface area contributed by atoms with Gasteiger partial charge in [-0.15, -0.1) is 10.2 Å². The average Bonchev–Trinajstić information content (AvgIpc) is 3.87. The summed E-state index contributed by atoms with van der Waals surface area (Å²) < 4.78 is 11.3. The quantitative estimate of drug-likeness (QED) is 0.371. The van der Waals surface area contributed by atoms with Crippen molar-refractivity contribution in [1.29, 1.82) is 0 Å². The second kappa shape index (κ2) is 13.6. The average molecular weight is 664 g/mol. The van der Waals surface area contributed by atoms with E-state index in [1.54, 1.807) is 20.8 Å². The molecule has 2 aromatic rings. The molecule has 6 rings (SSSR count). The van der Waals surface area contributed by atoms with E-state index in [1.807, 2.05) is 36.4 Å². The number of nitrogens with zero attached hydrogens (tertiary/aromatic N) is 5. The van der Waals surface area contributed by atoms with Gasteiger partial charge in [-0.1, -0.05) is 25.0 Å². The van der Waals surface area contributed by atoms with Crippen molar-refractivity contribution >= 4 is 23.9 Å². The lowest BCUT2D eigenvalue weighted by Gasteiger charge is -2.30. The molecule has 1 aromatic carbocycles. The highest BCUT2D eigenvalue weighted by Crippen LogP contribution is 2.45. The van der Waals surface area contributed by atoms with Crippen LogP contribution in [0.25, 0.3) is 11.4 Å². The molecule has 3 fully saturated rings. The van der Waals surface area contributed by atoms with Gasteiger partial charge in [0, 0.05) is 24.4 Å². The Morgan fingerprint density at radius 3 is 2.58 bits per heavy atom. The number of tetrazole rings is 1. The summed E-state index contributed by atoms with van der Waals surface area (Å²) in [4.78, 5) is 56.2. The highest BCUT2D eigenvalue weighted by molar-refractivity contribution is 5.96. The zero-order valence-electron chi connectivity index (χ0n) is 27.8. The molecule has 2 aliphatic heterocycles. The lowest BCUT2D eigenvalue weighted by atomic mass is 10.0. The minimum absolute atomic E-state index is 0.0660. The van der Waals surface area contributed by atoms with Crippen LogP contribution in [0.5, 0.6) is 5.75 Å². The normalized spacial score (nSPS) is 27.9. The van der Waals surface area contributed by atoms with Crippen LogP contribution in [0.4, 0.5) is 4.79 Å². The number of carboxylic acid groups (broad SMARTS) is 1. The van der Waals surface area contributed by atoms with E-state index in [4.69, 9.17) is 9.47 Å². The number of aliphatic carboxylic acids is 1. The minimum atomic E-state index is -1.43. The molecule has 4 aliphatic rings. The number of hydrogen-bond donors (Lipinski definition) is 3. The first-order valence-electron chi connectivity index (χ1n) is 17.0. The number of carbonyl (C=O) groups excluding carboxylic acids is 3. The number of alkyl carbamates (subject to hydrolysis) is 1. The molecule has 2 aliphatic carbocycles. The van der Waals surface area contributed by atoms with E-state index in [0.717, 1.165) is 30.6 Å². The smallest absolute Gasteiger partial charge is 0.408 e. The van der Waals surface area contributed by atoms with Crippen LogP contribution >= 0.6 is 0 Å². The highest BCUT2D eigenvalue weighted by Gasteiger charge is 2.61. The van der Waals surface area contributed by atoms with Crippen molar-refractivity contribution < 1.29 is 33.8 Å². The molecule has 0 bridgehead atoms. The molecule has 0 spiro atoms. The number of ether oxygens (including phenoxy) is 2. The van der Waals surface area contributed by atoms with Crippen LogP contribution < -0.4 is 15.4 Å². The second-order valence-electron chi connectivity index (χ2n) is 14.4. The summed E-state index contributed by atoms with van der Waals surface area (Å²) >= 11 is 0. The molecule has 0 unspecified atom stereocenters. The van der Waals surface area contributed by atoms with Crippen molar-refractivity contribution in [3.05, 3.63) is 36.4 Å². The number of hydrogen-bond acceptors (Lipinski definition) is 9. The molecule has 3 N–H and O–H groups in total. The fraction of sp³-hybridized carbons (Fsp3) is 0.618. The fourth-order valence-electron chi connectivity index (χ4n) is 6.39. The SMILES string of the molecule is CC(C)(C)OC(=O)N[C@H]1CCCCCC=C[C@@H]2C[C@@]2(C(=O)O)NC(=O)[C@@H]2C[C@@H](n3nnc(-c4ccc(OCC5CC5)cc4)n3)CN2C1=O. The molecule has 2 saturated carbocycles. The van der Waals surface area contributed by atoms with Crippen LogP contribution in [0.15, 0.2) is 36.4 Å². The van der Waals surface area contributed by atoms with Crippen molar-refractivity contribution in [2.75, 3.05) is 13.2 Å². The van der Waals surface area contributed by atoms with Crippen LogP contribution in [0.1, 0.15) is 84.6 Å². The Balaban J connectivity index is 1.24. The molecule has 48 heavy (non-hydrogen) atoms. The number of rotatable bonds is 7. The Labute approximate surface area is 279 Å². The number of carboxylic acids is 1. The molecule has 1 saturated heterocycles. The van der Waals surface area contributed by atoms with Crippen LogP contribution in [0.2, 0.25) is 0 Å². The van der Waals surface area contributed by atoms with E-state index in [1.165, 1.54) is 22.5 Å². The van der Waals surface area contributed by atoms with Gasteiger partial charge in [0.15, 0.2) is 0 Å². The van der Waals surface area contributed by atoms with Gasteiger partial charge in [0.1, 0.15) is 29.0 Å². The Hall–Kier alpha value is -4.49. The predicted molar refractivity (Wildman–Crippen MR) is 173 cm³/mol. The fourth-order valence-corrected chi connectivity index (χ4v) is 6.39. The largest absolute Gasteiger partial charge is 0.493 e. The van der Waals surface area contributed by atoms with E-state index in [-0.39, 0.29) is 25.3 Å². The molecule has 258 valence electrons. The summed E-state index contributed by atoms with van der Waals surface area (Å²) in [5, 5.41) is 28.7. The summed E-state index contributed by atoms with van der Waals surface area (Å²) in [5.41, 5.74) is -1.46. The number of allylic oxidation sites excluding steroid dienone is 1. The van der Waals surface area contributed by atoms with E-state index in [2.05, 4.69) is 26.0 Å². The number of fused-ring (bicyclic) bond motifs is 2. The number of benzene rings is 1. The predicted octanol–water partition coefficient (Wildman–Crippen LogP) is 3.64. The first-order chi connectivity index (χ1) is 22.9. The summed E-state index contributed by atoms with van der Waals surface area (Å²) in [6, 6.07) is 4.96. The van der Waals surface area contributed by atoms with Crippen LogP contribution in [-0.2, 0) is 19.1 Å². The molecule has 3 heterocycles. The summed E-state index contributed by atoms with van der Waals surface area (Å²) in [6.45, 7) is 5.99. The second-order valence-corrected chi connectivity index (χ2v) is 14.4. The van der Waals surface area contributed by atoms with Crippen molar-refractivity contribution in [1.82, 2.24) is 35.7 Å². The topological polar surface area (TPSA) is 178 Å². The summed E-state index contributed by atoms with van der Waals surface area (Å²) in [6.07, 6.45) is 9.34. The minimum Gasteiger partial charge on any atom is -0.493 e. The summed E-state index contributed by atoms with van der Waals surface area (Å²) in [5.74, 6) is -0.681. The van der Waals surface area contributed by atoms with Crippen molar-refractivity contribution in [3.63, 3.8) is 0 Å². The number of aromatic nitrogens is 4. The van der Waals surface area contributed by atoms with Gasteiger partial charge in [0.2, 0.25) is 17.6 Å². The van der Waals surface area contributed by atoms with E-state index < -0.39 is 53.1 Å². The number of nitrogens with one attached hydrogen (secondary N) is 2. The Bertz CT molecular complexity index is 1550. The van der Waals surface area contributed by atoms with Gasteiger partial charge < -0.3 is 30.1 Å². The molecule has 5 atom stereocenters. The Kier molecular flexibility index (Phi) is 9.44. The number of amides is 3. The van der Waals surface area contributed by atoms with Crippen LogP contribution in [-0.4, -0.2) is 90.5 Å². The molecule has 0 radical (unpaired) electrons. The molecule has 14 heteroatoms. The Morgan fingerprint density at radius 2 is 1.88 bits per heavy atom. The zero-order valence-corrected chi connectivity index (χ0v) is 27.8. The van der Waals surface area contributed by atoms with Gasteiger partial charge >= 0.3 is 12.1 Å². The standard InChI is InChI=1S/C34H45N7O7/c1-33(2,3)48-32(46)35-26-10-8-6-4-5-7-9-23-18-34(23,31(44)45)36-29(42)27-17-24(19-40(27)30(26)43)41-38-28(37-39-41)22-13-15-25(16-14-22)47-20-21-11-12-21/h7,9,13-16,21,23-24,26-27H,4-6,8,10-12,17-20H2,1-3H3,(H,35,46)(H,36,42)(H,44,45)/t23-,24-,26+,27+,34-/m1/s1. The third-order valence-corrected chi connectivity index (χ3v) is 9.38. The zero-order chi connectivity index (χ0) is 34.1. The van der Waals surface area contributed by atoms with Crippen LogP contribution in [0.3, 0.4) is 0 Å². The number of carbonyl (C=O) groups is 4. The molecule has 3 amide bonds. The van der Waals surface area contributed by atoms with Gasteiger partial charge in [-0.2, -0.15) is 4.80 Å². The first kappa shape index (κ1) is 33.4. The lowest BCUT2D eigenvalue weighted by molar-refractivity contribution is -0.145. The van der Waals surface area contributed by atoms with Gasteiger partial charge in [-0.3, -0.25) is 9.59 Å².